The summed E-state index contributed by atoms with van der Waals surface area (Å²) in [6.45, 7) is 7.37. The summed E-state index contributed by atoms with van der Waals surface area (Å²) >= 11 is 5.92. The zero-order valence-electron chi connectivity index (χ0n) is 9.79. The van der Waals surface area contributed by atoms with Crippen LogP contribution in [0.5, 0.6) is 0 Å². The van der Waals surface area contributed by atoms with Gasteiger partial charge in [0.2, 0.25) is 5.95 Å². The number of halogens is 1. The van der Waals surface area contributed by atoms with Gasteiger partial charge in [0.05, 0.1) is 11.0 Å². The van der Waals surface area contributed by atoms with Gasteiger partial charge in [-0.1, -0.05) is 32.4 Å². The normalized spacial score (nSPS) is 12.2. The first-order valence-electron chi connectivity index (χ1n) is 5.28. The number of nitrogens with two attached hydrogens (primary N) is 1. The number of nitrogen functional groups attached to an aromatic ring is 1. The lowest BCUT2D eigenvalue weighted by atomic mass is 9.97. The standard InChI is InChI=1S/C12H16ClN3/c1-12(2,3)7-16-10-5-4-8(13)6-9(10)15-11(16)14/h4-6H,7H2,1-3H3,(H2,14,15). The molecule has 0 fully saturated rings. The van der Waals surface area contributed by atoms with Crippen LogP contribution >= 0.6 is 11.6 Å². The second-order valence-corrected chi connectivity index (χ2v) is 5.69. The van der Waals surface area contributed by atoms with Gasteiger partial charge >= 0.3 is 0 Å². The summed E-state index contributed by atoms with van der Waals surface area (Å²) in [7, 11) is 0. The Kier molecular flexibility index (Phi) is 2.58. The molecule has 0 aliphatic carbocycles. The molecule has 0 atom stereocenters. The molecule has 4 heteroatoms. The molecule has 86 valence electrons. The van der Waals surface area contributed by atoms with Gasteiger partial charge in [0, 0.05) is 11.6 Å². The van der Waals surface area contributed by atoms with Crippen molar-refractivity contribution in [3.05, 3.63) is 23.2 Å². The van der Waals surface area contributed by atoms with E-state index in [-0.39, 0.29) is 5.41 Å². The van der Waals surface area contributed by atoms with Crippen molar-refractivity contribution in [2.75, 3.05) is 5.73 Å². The predicted octanol–water partition coefficient (Wildman–Crippen LogP) is 3.32. The second kappa shape index (κ2) is 3.67. The van der Waals surface area contributed by atoms with Gasteiger partial charge in [-0.15, -0.1) is 0 Å². The quantitative estimate of drug-likeness (QED) is 0.827. The third-order valence-corrected chi connectivity index (χ3v) is 2.61. The maximum Gasteiger partial charge on any atom is 0.201 e. The lowest BCUT2D eigenvalue weighted by molar-refractivity contribution is 0.351. The number of benzene rings is 1. The van der Waals surface area contributed by atoms with E-state index >= 15 is 0 Å². The molecule has 0 saturated heterocycles. The Hall–Kier alpha value is -1.22. The number of aromatic nitrogens is 2. The number of nitrogens with zero attached hydrogens (tertiary/aromatic N) is 2. The van der Waals surface area contributed by atoms with Crippen LogP contribution in [0.25, 0.3) is 11.0 Å². The van der Waals surface area contributed by atoms with Gasteiger partial charge in [-0.05, 0) is 23.6 Å². The predicted molar refractivity (Wildman–Crippen MR) is 68.6 cm³/mol. The SMILES string of the molecule is CC(C)(C)Cn1c(N)nc2cc(Cl)ccc21. The Morgan fingerprint density at radius 3 is 2.69 bits per heavy atom. The number of fused-ring (bicyclic) bond motifs is 1. The van der Waals surface area contributed by atoms with E-state index in [2.05, 4.69) is 25.8 Å². The van der Waals surface area contributed by atoms with Crippen LogP contribution in [0.4, 0.5) is 5.95 Å². The Morgan fingerprint density at radius 2 is 2.06 bits per heavy atom. The van der Waals surface area contributed by atoms with E-state index in [1.807, 2.05) is 22.8 Å². The molecule has 1 aromatic carbocycles. The summed E-state index contributed by atoms with van der Waals surface area (Å²) in [5.41, 5.74) is 7.98. The Balaban J connectivity index is 2.56. The molecule has 0 radical (unpaired) electrons. The smallest absolute Gasteiger partial charge is 0.201 e. The van der Waals surface area contributed by atoms with Crippen LogP contribution in [-0.4, -0.2) is 9.55 Å². The maximum absolute atomic E-state index is 5.92. The van der Waals surface area contributed by atoms with E-state index in [0.29, 0.717) is 11.0 Å². The summed E-state index contributed by atoms with van der Waals surface area (Å²) in [6, 6.07) is 5.67. The Bertz CT molecular complexity index is 523. The fourth-order valence-corrected chi connectivity index (χ4v) is 1.93. The second-order valence-electron chi connectivity index (χ2n) is 5.25. The molecular formula is C12H16ClN3. The average Bonchev–Trinajstić information content (AvgIpc) is 2.40. The molecule has 1 heterocycles. The average molecular weight is 238 g/mol. The lowest BCUT2D eigenvalue weighted by Gasteiger charge is -2.20. The van der Waals surface area contributed by atoms with Crippen molar-refractivity contribution in [1.82, 2.24) is 9.55 Å². The van der Waals surface area contributed by atoms with E-state index in [1.54, 1.807) is 0 Å². The molecule has 0 aliphatic heterocycles. The topological polar surface area (TPSA) is 43.8 Å². The maximum atomic E-state index is 5.92. The summed E-state index contributed by atoms with van der Waals surface area (Å²) < 4.78 is 2.03. The lowest BCUT2D eigenvalue weighted by Crippen LogP contribution is -2.16. The minimum absolute atomic E-state index is 0.168. The first-order chi connectivity index (χ1) is 7.37. The molecule has 2 N–H and O–H groups in total. The van der Waals surface area contributed by atoms with Crippen molar-refractivity contribution < 1.29 is 0 Å². The monoisotopic (exact) mass is 237 g/mol. The van der Waals surface area contributed by atoms with Gasteiger partial charge in [0.1, 0.15) is 0 Å². The van der Waals surface area contributed by atoms with Gasteiger partial charge in [0.15, 0.2) is 0 Å². The van der Waals surface area contributed by atoms with Crippen molar-refractivity contribution in [2.45, 2.75) is 27.3 Å². The number of hydrogen-bond acceptors (Lipinski definition) is 2. The summed E-state index contributed by atoms with van der Waals surface area (Å²) in [4.78, 5) is 4.31. The number of imidazole rings is 1. The molecule has 0 aliphatic rings. The third kappa shape index (κ3) is 2.14. The molecule has 0 unspecified atom stereocenters. The number of anilines is 1. The van der Waals surface area contributed by atoms with Gasteiger partial charge in [-0.3, -0.25) is 0 Å². The Labute approximate surface area is 100 Å². The van der Waals surface area contributed by atoms with Gasteiger partial charge < -0.3 is 10.3 Å². The fraction of sp³-hybridized carbons (Fsp3) is 0.417. The highest BCUT2D eigenvalue weighted by molar-refractivity contribution is 6.31. The van der Waals surface area contributed by atoms with E-state index in [4.69, 9.17) is 17.3 Å². The minimum Gasteiger partial charge on any atom is -0.369 e. The molecule has 1 aromatic heterocycles. The zero-order valence-corrected chi connectivity index (χ0v) is 10.5. The first kappa shape index (κ1) is 11.3. The van der Waals surface area contributed by atoms with Crippen molar-refractivity contribution in [3.63, 3.8) is 0 Å². The van der Waals surface area contributed by atoms with E-state index in [1.165, 1.54) is 0 Å². The first-order valence-corrected chi connectivity index (χ1v) is 5.66. The number of rotatable bonds is 1. The number of hydrogen-bond donors (Lipinski definition) is 1. The summed E-state index contributed by atoms with van der Waals surface area (Å²) in [5, 5.41) is 0.688. The highest BCUT2D eigenvalue weighted by Crippen LogP contribution is 2.25. The molecule has 0 amide bonds. The molecule has 0 spiro atoms. The van der Waals surface area contributed by atoms with Crippen molar-refractivity contribution in [3.8, 4) is 0 Å². The van der Waals surface area contributed by atoms with Gasteiger partial charge in [0.25, 0.3) is 0 Å². The molecule has 2 aromatic rings. The van der Waals surface area contributed by atoms with Crippen LogP contribution in [0.15, 0.2) is 18.2 Å². The molecule has 0 bridgehead atoms. The van der Waals surface area contributed by atoms with Gasteiger partial charge in [-0.2, -0.15) is 0 Å². The van der Waals surface area contributed by atoms with Crippen LogP contribution in [0.3, 0.4) is 0 Å². The highest BCUT2D eigenvalue weighted by atomic mass is 35.5. The molecule has 3 nitrogen and oxygen atoms in total. The van der Waals surface area contributed by atoms with Crippen molar-refractivity contribution in [1.29, 1.82) is 0 Å². The van der Waals surface area contributed by atoms with E-state index < -0.39 is 0 Å². The fourth-order valence-electron chi connectivity index (χ4n) is 1.76. The van der Waals surface area contributed by atoms with E-state index in [0.717, 1.165) is 17.6 Å². The third-order valence-electron chi connectivity index (χ3n) is 2.37. The largest absolute Gasteiger partial charge is 0.369 e. The van der Waals surface area contributed by atoms with E-state index in [9.17, 15) is 0 Å². The van der Waals surface area contributed by atoms with Crippen LogP contribution in [-0.2, 0) is 6.54 Å². The summed E-state index contributed by atoms with van der Waals surface area (Å²) in [5.74, 6) is 0.548. The molecule has 2 rings (SSSR count). The van der Waals surface area contributed by atoms with Crippen molar-refractivity contribution in [2.24, 2.45) is 5.41 Å². The van der Waals surface area contributed by atoms with Crippen molar-refractivity contribution >= 4 is 28.6 Å². The zero-order chi connectivity index (χ0) is 11.9. The van der Waals surface area contributed by atoms with Gasteiger partial charge in [-0.25, -0.2) is 4.98 Å². The molecule has 0 saturated carbocycles. The van der Waals surface area contributed by atoms with Crippen LogP contribution in [0.1, 0.15) is 20.8 Å². The van der Waals surface area contributed by atoms with Crippen LogP contribution in [0.2, 0.25) is 5.02 Å². The Morgan fingerprint density at radius 1 is 1.38 bits per heavy atom. The molecular weight excluding hydrogens is 222 g/mol. The van der Waals surface area contributed by atoms with Crippen LogP contribution < -0.4 is 5.73 Å². The minimum atomic E-state index is 0.168. The molecule has 16 heavy (non-hydrogen) atoms. The highest BCUT2D eigenvalue weighted by Gasteiger charge is 2.16. The summed E-state index contributed by atoms with van der Waals surface area (Å²) in [6.07, 6.45) is 0. The van der Waals surface area contributed by atoms with Crippen LogP contribution in [0, 0.1) is 5.41 Å².